The van der Waals surface area contributed by atoms with E-state index in [2.05, 4.69) is 38.5 Å². The van der Waals surface area contributed by atoms with Gasteiger partial charge in [-0.1, -0.05) is 32.6 Å². The van der Waals surface area contributed by atoms with Crippen LogP contribution >= 0.6 is 0 Å². The topological polar surface area (TPSA) is 73.8 Å². The van der Waals surface area contributed by atoms with E-state index in [9.17, 15) is 0 Å². The minimum atomic E-state index is 0.376. The molecule has 142 valence electrons. The van der Waals surface area contributed by atoms with E-state index in [1.54, 1.807) is 9.36 Å². The van der Waals surface area contributed by atoms with E-state index in [0.29, 0.717) is 29.2 Å². The Bertz CT molecular complexity index is 1000. The number of allylic oxidation sites excluding steroid dienone is 1. The highest BCUT2D eigenvalue weighted by Crippen LogP contribution is 2.54. The van der Waals surface area contributed by atoms with Crippen molar-refractivity contribution in [3.63, 3.8) is 0 Å². The van der Waals surface area contributed by atoms with Gasteiger partial charge in [0.2, 0.25) is 5.82 Å². The second kappa shape index (κ2) is 7.92. The zero-order chi connectivity index (χ0) is 20.4. The summed E-state index contributed by atoms with van der Waals surface area (Å²) < 4.78 is 3.38. The Hall–Kier alpha value is -3.03. The molecular formula is C20H24BN7. The zero-order valence-electron chi connectivity index (χ0n) is 16.8. The van der Waals surface area contributed by atoms with Crippen molar-refractivity contribution in [2.75, 3.05) is 0 Å². The number of rotatable bonds is 5. The van der Waals surface area contributed by atoms with Gasteiger partial charge in [0.05, 0.1) is 5.69 Å². The SMILES string of the molecule is CC.[B]c1ccc(C2CC2c2cc(-c3nc(N=C)n(C(=C)C)n3)n(C)n2)cn1. The van der Waals surface area contributed by atoms with Gasteiger partial charge in [0.1, 0.15) is 13.5 Å². The van der Waals surface area contributed by atoms with Crippen molar-refractivity contribution < 1.29 is 0 Å². The quantitative estimate of drug-likeness (QED) is 0.509. The maximum atomic E-state index is 5.67. The number of aliphatic imine (C=N–C) groups is 1. The summed E-state index contributed by atoms with van der Waals surface area (Å²) >= 11 is 0. The first-order valence-electron chi connectivity index (χ1n) is 9.33. The average Bonchev–Trinajstić information content (AvgIpc) is 3.21. The predicted molar refractivity (Wildman–Crippen MR) is 114 cm³/mol. The Kier molecular flexibility index (Phi) is 5.58. The molecule has 4 rings (SSSR count). The predicted octanol–water partition coefficient (Wildman–Crippen LogP) is 2.99. The molecule has 3 heterocycles. The summed E-state index contributed by atoms with van der Waals surface area (Å²) in [6.45, 7) is 13.3. The summed E-state index contributed by atoms with van der Waals surface area (Å²) in [5.74, 6) is 1.79. The van der Waals surface area contributed by atoms with Crippen LogP contribution in [0.2, 0.25) is 0 Å². The minimum absolute atomic E-state index is 0.376. The monoisotopic (exact) mass is 373 g/mol. The van der Waals surface area contributed by atoms with Crippen LogP contribution in [0.3, 0.4) is 0 Å². The third kappa shape index (κ3) is 3.67. The number of aromatic nitrogens is 6. The zero-order valence-corrected chi connectivity index (χ0v) is 16.8. The van der Waals surface area contributed by atoms with Gasteiger partial charge in [-0.15, -0.1) is 5.10 Å². The number of hydrogen-bond acceptors (Lipinski definition) is 5. The Morgan fingerprint density at radius 3 is 2.57 bits per heavy atom. The highest BCUT2D eigenvalue weighted by atomic mass is 15.4. The Morgan fingerprint density at radius 1 is 1.25 bits per heavy atom. The van der Waals surface area contributed by atoms with Crippen molar-refractivity contribution in [1.82, 2.24) is 29.5 Å². The van der Waals surface area contributed by atoms with Gasteiger partial charge in [0.25, 0.3) is 5.95 Å². The molecule has 1 fully saturated rings. The van der Waals surface area contributed by atoms with E-state index in [4.69, 9.17) is 7.85 Å². The lowest BCUT2D eigenvalue weighted by atomic mass is 10.0. The van der Waals surface area contributed by atoms with E-state index >= 15 is 0 Å². The molecule has 0 saturated heterocycles. The largest absolute Gasteiger partial charge is 0.273 e. The van der Waals surface area contributed by atoms with Crippen LogP contribution in [0, 0.1) is 0 Å². The number of pyridine rings is 1. The number of aryl methyl sites for hydroxylation is 1. The molecule has 0 N–H and O–H groups in total. The second-order valence-electron chi connectivity index (χ2n) is 6.58. The molecular weight excluding hydrogens is 349 g/mol. The molecule has 28 heavy (non-hydrogen) atoms. The van der Waals surface area contributed by atoms with E-state index in [0.717, 1.165) is 23.5 Å². The maximum absolute atomic E-state index is 5.67. The Morgan fingerprint density at radius 2 is 2.00 bits per heavy atom. The number of hydrogen-bond donors (Lipinski definition) is 0. The van der Waals surface area contributed by atoms with Crippen LogP contribution < -0.4 is 5.59 Å². The lowest BCUT2D eigenvalue weighted by Gasteiger charge is -1.99. The Balaban J connectivity index is 0.00000109. The Labute approximate surface area is 166 Å². The van der Waals surface area contributed by atoms with Crippen LogP contribution in [-0.4, -0.2) is 44.1 Å². The molecule has 8 heteroatoms. The highest BCUT2D eigenvalue weighted by Gasteiger charge is 2.41. The molecule has 0 amide bonds. The molecule has 3 aromatic rings. The fourth-order valence-electron chi connectivity index (χ4n) is 3.18. The van der Waals surface area contributed by atoms with Crippen LogP contribution in [0.15, 0.2) is 36.0 Å². The fraction of sp³-hybridized carbons (Fsp3) is 0.350. The second-order valence-corrected chi connectivity index (χ2v) is 6.58. The molecule has 1 saturated carbocycles. The minimum Gasteiger partial charge on any atom is -0.273 e. The highest BCUT2D eigenvalue weighted by molar-refractivity contribution is 6.30. The molecule has 7 nitrogen and oxygen atoms in total. The summed E-state index contributed by atoms with van der Waals surface area (Å²) in [7, 11) is 7.56. The van der Waals surface area contributed by atoms with Gasteiger partial charge in [-0.05, 0) is 43.2 Å². The van der Waals surface area contributed by atoms with Crippen molar-refractivity contribution in [3.05, 3.63) is 42.2 Å². The molecule has 1 aliphatic carbocycles. The summed E-state index contributed by atoms with van der Waals surface area (Å²) in [6, 6.07) is 5.92. The first kappa shape index (κ1) is 19.7. The van der Waals surface area contributed by atoms with Crippen LogP contribution in [-0.2, 0) is 7.05 Å². The van der Waals surface area contributed by atoms with Crippen molar-refractivity contribution >= 4 is 31.8 Å². The fourth-order valence-corrected chi connectivity index (χ4v) is 3.18. The van der Waals surface area contributed by atoms with Gasteiger partial charge in [0, 0.05) is 24.9 Å². The van der Waals surface area contributed by atoms with E-state index < -0.39 is 0 Å². The molecule has 2 atom stereocenters. The summed E-state index contributed by atoms with van der Waals surface area (Å²) in [6.07, 6.45) is 2.90. The first-order valence-corrected chi connectivity index (χ1v) is 9.33. The molecule has 1 aliphatic rings. The standard InChI is InChI=1S/C18H18BN7.C2H6/c1-10(2)26-18(20-3)22-17(24-26)15-8-14(23-25(15)4)13-7-12(13)11-5-6-16(19)21-9-11;1-2/h5-6,8-9,12-13H,1,3,7H2,2,4H3;1-2H3. The van der Waals surface area contributed by atoms with Crippen LogP contribution in [0.25, 0.3) is 17.2 Å². The van der Waals surface area contributed by atoms with E-state index in [1.165, 1.54) is 5.56 Å². The normalized spacial score (nSPS) is 17.6. The van der Waals surface area contributed by atoms with Crippen LogP contribution in [0.5, 0.6) is 0 Å². The lowest BCUT2D eigenvalue weighted by molar-refractivity contribution is 0.742. The molecule has 3 aromatic heterocycles. The molecule has 0 spiro atoms. The summed E-state index contributed by atoms with van der Waals surface area (Å²) in [4.78, 5) is 12.5. The molecule has 2 radical (unpaired) electrons. The molecule has 0 aliphatic heterocycles. The smallest absolute Gasteiger partial charge is 0.252 e. The van der Waals surface area contributed by atoms with Gasteiger partial charge in [-0.3, -0.25) is 9.67 Å². The molecule has 2 unspecified atom stereocenters. The van der Waals surface area contributed by atoms with Crippen molar-refractivity contribution in [1.29, 1.82) is 0 Å². The van der Waals surface area contributed by atoms with E-state index in [1.807, 2.05) is 52.2 Å². The van der Waals surface area contributed by atoms with Crippen molar-refractivity contribution in [2.24, 2.45) is 12.0 Å². The first-order chi connectivity index (χ1) is 13.5. The number of nitrogens with zero attached hydrogens (tertiary/aromatic N) is 7. The van der Waals surface area contributed by atoms with Gasteiger partial charge < -0.3 is 0 Å². The molecule has 0 bridgehead atoms. The van der Waals surface area contributed by atoms with E-state index in [-0.39, 0.29) is 0 Å². The van der Waals surface area contributed by atoms with Crippen molar-refractivity contribution in [3.8, 4) is 11.5 Å². The average molecular weight is 373 g/mol. The third-order valence-electron chi connectivity index (χ3n) is 4.63. The summed E-state index contributed by atoms with van der Waals surface area (Å²) in [5, 5.41) is 9.14. The van der Waals surface area contributed by atoms with Crippen LogP contribution in [0.1, 0.15) is 50.3 Å². The van der Waals surface area contributed by atoms with Gasteiger partial charge in [-0.25, -0.2) is 9.67 Å². The third-order valence-corrected chi connectivity index (χ3v) is 4.63. The summed E-state index contributed by atoms with van der Waals surface area (Å²) in [5.41, 5.74) is 4.33. The van der Waals surface area contributed by atoms with Crippen molar-refractivity contribution in [2.45, 2.75) is 39.0 Å². The van der Waals surface area contributed by atoms with Gasteiger partial charge in [-0.2, -0.15) is 10.1 Å². The van der Waals surface area contributed by atoms with Gasteiger partial charge >= 0.3 is 0 Å². The van der Waals surface area contributed by atoms with Crippen LogP contribution in [0.4, 0.5) is 5.95 Å². The van der Waals surface area contributed by atoms with Gasteiger partial charge in [0.15, 0.2) is 0 Å². The lowest BCUT2D eigenvalue weighted by Crippen LogP contribution is -2.06. The molecule has 0 aromatic carbocycles. The maximum Gasteiger partial charge on any atom is 0.252 e.